The molecule has 2 rings (SSSR count). The van der Waals surface area contributed by atoms with Crippen LogP contribution < -0.4 is 5.32 Å². The van der Waals surface area contributed by atoms with Crippen molar-refractivity contribution in [3.8, 4) is 0 Å². The van der Waals surface area contributed by atoms with Crippen LogP contribution in [0.15, 0.2) is 18.2 Å². The Morgan fingerprint density at radius 3 is 2.76 bits per heavy atom. The van der Waals surface area contributed by atoms with Crippen molar-refractivity contribution in [3.63, 3.8) is 0 Å². The molecule has 0 radical (unpaired) electrons. The van der Waals surface area contributed by atoms with Gasteiger partial charge in [-0.25, -0.2) is 4.39 Å². The van der Waals surface area contributed by atoms with E-state index in [9.17, 15) is 4.39 Å². The third-order valence-corrected chi connectivity index (χ3v) is 3.96. The quantitative estimate of drug-likeness (QED) is 0.775. The SMILES string of the molecule is Fc1ccc(Cl)c(CNCC2(CCCl)CC2)c1. The smallest absolute Gasteiger partial charge is 0.123 e. The lowest BCUT2D eigenvalue weighted by Gasteiger charge is -2.14. The zero-order valence-corrected chi connectivity index (χ0v) is 11.1. The van der Waals surface area contributed by atoms with Gasteiger partial charge in [-0.2, -0.15) is 0 Å². The minimum Gasteiger partial charge on any atom is -0.312 e. The van der Waals surface area contributed by atoms with Gasteiger partial charge in [-0.15, -0.1) is 11.6 Å². The fraction of sp³-hybridized carbons (Fsp3) is 0.538. The highest BCUT2D eigenvalue weighted by atomic mass is 35.5. The summed E-state index contributed by atoms with van der Waals surface area (Å²) in [7, 11) is 0. The lowest BCUT2D eigenvalue weighted by molar-refractivity contribution is 0.445. The summed E-state index contributed by atoms with van der Waals surface area (Å²) in [5.74, 6) is 0.468. The molecule has 0 aliphatic heterocycles. The van der Waals surface area contributed by atoms with Crippen LogP contribution >= 0.6 is 23.2 Å². The molecule has 1 saturated carbocycles. The Bertz CT molecular complexity index is 391. The van der Waals surface area contributed by atoms with Crippen LogP contribution in [0.1, 0.15) is 24.8 Å². The number of rotatable bonds is 6. The Balaban J connectivity index is 1.84. The Labute approximate surface area is 111 Å². The maximum atomic E-state index is 13.0. The molecule has 1 fully saturated rings. The van der Waals surface area contributed by atoms with E-state index in [0.717, 1.165) is 18.5 Å². The Morgan fingerprint density at radius 2 is 2.12 bits per heavy atom. The molecule has 1 aromatic carbocycles. The normalized spacial score (nSPS) is 17.1. The van der Waals surface area contributed by atoms with Crippen LogP contribution in [0.5, 0.6) is 0 Å². The third-order valence-electron chi connectivity index (χ3n) is 3.41. The molecule has 1 nitrogen and oxygen atoms in total. The van der Waals surface area contributed by atoms with Crippen LogP contribution in [0, 0.1) is 11.2 Å². The lowest BCUT2D eigenvalue weighted by Crippen LogP contribution is -2.24. The van der Waals surface area contributed by atoms with Crippen LogP contribution in [-0.4, -0.2) is 12.4 Å². The first-order chi connectivity index (χ1) is 8.15. The number of hydrogen-bond acceptors (Lipinski definition) is 1. The van der Waals surface area contributed by atoms with E-state index in [0.29, 0.717) is 22.9 Å². The Hall–Kier alpha value is -0.310. The molecule has 0 atom stereocenters. The molecule has 0 unspecified atom stereocenters. The summed E-state index contributed by atoms with van der Waals surface area (Å²) < 4.78 is 13.0. The predicted octanol–water partition coefficient (Wildman–Crippen LogP) is 3.98. The van der Waals surface area contributed by atoms with Crippen molar-refractivity contribution in [2.24, 2.45) is 5.41 Å². The molecule has 1 aliphatic rings. The molecule has 1 aromatic rings. The van der Waals surface area contributed by atoms with Crippen molar-refractivity contribution in [2.75, 3.05) is 12.4 Å². The number of halogens is 3. The molecule has 94 valence electrons. The van der Waals surface area contributed by atoms with E-state index >= 15 is 0 Å². The number of alkyl halides is 1. The monoisotopic (exact) mass is 275 g/mol. The van der Waals surface area contributed by atoms with Crippen molar-refractivity contribution in [1.29, 1.82) is 0 Å². The summed E-state index contributed by atoms with van der Waals surface area (Å²) in [4.78, 5) is 0. The van der Waals surface area contributed by atoms with Crippen molar-refractivity contribution < 1.29 is 4.39 Å². The van der Waals surface area contributed by atoms with Crippen LogP contribution in [0.4, 0.5) is 4.39 Å². The summed E-state index contributed by atoms with van der Waals surface area (Å²) in [5, 5.41) is 3.96. The van der Waals surface area contributed by atoms with E-state index in [-0.39, 0.29) is 5.82 Å². The summed E-state index contributed by atoms with van der Waals surface area (Å²) >= 11 is 11.8. The lowest BCUT2D eigenvalue weighted by atomic mass is 10.0. The van der Waals surface area contributed by atoms with Gasteiger partial charge in [0, 0.05) is 24.0 Å². The topological polar surface area (TPSA) is 12.0 Å². The van der Waals surface area contributed by atoms with Gasteiger partial charge in [-0.1, -0.05) is 11.6 Å². The third kappa shape index (κ3) is 3.57. The van der Waals surface area contributed by atoms with Gasteiger partial charge in [0.1, 0.15) is 5.82 Å². The molecule has 0 heterocycles. The van der Waals surface area contributed by atoms with Gasteiger partial charge in [0.15, 0.2) is 0 Å². The molecule has 0 bridgehead atoms. The summed E-state index contributed by atoms with van der Waals surface area (Å²) in [6, 6.07) is 4.46. The van der Waals surface area contributed by atoms with Crippen LogP contribution in [0.3, 0.4) is 0 Å². The minimum absolute atomic E-state index is 0.243. The van der Waals surface area contributed by atoms with Gasteiger partial charge >= 0.3 is 0 Å². The largest absolute Gasteiger partial charge is 0.312 e. The van der Waals surface area contributed by atoms with E-state index in [4.69, 9.17) is 23.2 Å². The fourth-order valence-corrected chi connectivity index (χ4v) is 2.62. The number of benzene rings is 1. The first-order valence-electron chi connectivity index (χ1n) is 5.86. The van der Waals surface area contributed by atoms with E-state index in [2.05, 4.69) is 5.32 Å². The molecular weight excluding hydrogens is 260 g/mol. The number of nitrogens with one attached hydrogen (secondary N) is 1. The first kappa shape index (κ1) is 13.1. The number of hydrogen-bond donors (Lipinski definition) is 1. The highest BCUT2D eigenvalue weighted by Crippen LogP contribution is 2.48. The highest BCUT2D eigenvalue weighted by Gasteiger charge is 2.41. The molecule has 1 N–H and O–H groups in total. The summed E-state index contributed by atoms with van der Waals surface area (Å²) in [5.41, 5.74) is 1.20. The van der Waals surface area contributed by atoms with Gasteiger partial charge in [0.25, 0.3) is 0 Å². The van der Waals surface area contributed by atoms with Crippen molar-refractivity contribution in [2.45, 2.75) is 25.8 Å². The molecule has 0 amide bonds. The molecule has 1 aliphatic carbocycles. The average Bonchev–Trinajstić information content (AvgIpc) is 3.04. The second-order valence-corrected chi connectivity index (χ2v) is 5.56. The maximum Gasteiger partial charge on any atom is 0.123 e. The van der Waals surface area contributed by atoms with Crippen molar-refractivity contribution >= 4 is 23.2 Å². The molecular formula is C13H16Cl2FN. The summed E-state index contributed by atoms with van der Waals surface area (Å²) in [6.45, 7) is 1.55. The molecule has 0 aromatic heterocycles. The maximum absolute atomic E-state index is 13.0. The van der Waals surface area contributed by atoms with Crippen LogP contribution in [-0.2, 0) is 6.54 Å². The molecule has 4 heteroatoms. The predicted molar refractivity (Wildman–Crippen MR) is 70.1 cm³/mol. The molecule has 17 heavy (non-hydrogen) atoms. The van der Waals surface area contributed by atoms with Gasteiger partial charge in [-0.3, -0.25) is 0 Å². The van der Waals surface area contributed by atoms with E-state index in [1.54, 1.807) is 6.07 Å². The zero-order chi connectivity index (χ0) is 12.3. The second kappa shape index (κ2) is 5.55. The highest BCUT2D eigenvalue weighted by molar-refractivity contribution is 6.31. The van der Waals surface area contributed by atoms with Crippen molar-refractivity contribution in [3.05, 3.63) is 34.6 Å². The van der Waals surface area contributed by atoms with Gasteiger partial charge in [0.05, 0.1) is 0 Å². The fourth-order valence-electron chi connectivity index (χ4n) is 2.03. The van der Waals surface area contributed by atoms with Crippen LogP contribution in [0.25, 0.3) is 0 Å². The molecule has 0 spiro atoms. The van der Waals surface area contributed by atoms with Crippen molar-refractivity contribution in [1.82, 2.24) is 5.32 Å². The minimum atomic E-state index is -0.243. The van der Waals surface area contributed by atoms with Crippen LogP contribution in [0.2, 0.25) is 5.02 Å². The zero-order valence-electron chi connectivity index (χ0n) is 9.61. The second-order valence-electron chi connectivity index (χ2n) is 4.78. The van der Waals surface area contributed by atoms with Gasteiger partial charge < -0.3 is 5.32 Å². The average molecular weight is 276 g/mol. The van der Waals surface area contributed by atoms with E-state index in [1.165, 1.54) is 25.0 Å². The van der Waals surface area contributed by atoms with Gasteiger partial charge in [0.2, 0.25) is 0 Å². The summed E-state index contributed by atoms with van der Waals surface area (Å²) in [6.07, 6.45) is 3.53. The Morgan fingerprint density at radius 1 is 1.35 bits per heavy atom. The van der Waals surface area contributed by atoms with Gasteiger partial charge in [-0.05, 0) is 48.4 Å². The Kier molecular flexibility index (Phi) is 4.29. The first-order valence-corrected chi connectivity index (χ1v) is 6.77. The van der Waals surface area contributed by atoms with E-state index in [1.807, 2.05) is 0 Å². The van der Waals surface area contributed by atoms with E-state index < -0.39 is 0 Å². The molecule has 0 saturated heterocycles. The standard InChI is InChI=1S/C13H16Cl2FN/c14-6-5-13(3-4-13)9-17-8-10-7-11(16)1-2-12(10)15/h1-2,7,17H,3-6,8-9H2.